The smallest absolute Gasteiger partial charge is 0.239 e. The number of aliphatic imine (C=N–C) groups is 1. The van der Waals surface area contributed by atoms with Crippen molar-refractivity contribution in [3.05, 3.63) is 35.9 Å². The second-order valence-electron chi connectivity index (χ2n) is 8.82. The molecule has 0 radical (unpaired) electrons. The molecule has 0 saturated carbocycles. The Hall–Kier alpha value is -2.12. The molecule has 0 aliphatic carbocycles. The van der Waals surface area contributed by atoms with Gasteiger partial charge in [0.25, 0.3) is 0 Å². The molecular formula is C24H40N6O. The van der Waals surface area contributed by atoms with E-state index in [1.165, 1.54) is 5.56 Å². The van der Waals surface area contributed by atoms with Gasteiger partial charge < -0.3 is 20.0 Å². The van der Waals surface area contributed by atoms with E-state index in [-0.39, 0.29) is 12.1 Å². The number of guanidine groups is 1. The molecule has 31 heavy (non-hydrogen) atoms. The molecule has 172 valence electrons. The number of nitrogens with one attached hydrogen (secondary N) is 1. The Kier molecular flexibility index (Phi) is 8.72. The molecule has 2 aliphatic heterocycles. The lowest BCUT2D eigenvalue weighted by molar-refractivity contribution is -0.135. The Morgan fingerprint density at radius 1 is 1.03 bits per heavy atom. The van der Waals surface area contributed by atoms with Crippen molar-refractivity contribution in [2.24, 2.45) is 4.99 Å². The SMILES string of the molecule is CCNC(=NCC(c1ccccc1)N(C)C)N1CCN(C(C)C(=O)N2CCCC2)CC1. The minimum Gasteiger partial charge on any atom is -0.357 e. The highest BCUT2D eigenvalue weighted by molar-refractivity contribution is 5.82. The summed E-state index contributed by atoms with van der Waals surface area (Å²) < 4.78 is 0. The molecule has 2 atom stereocenters. The van der Waals surface area contributed by atoms with Crippen LogP contribution in [0.3, 0.4) is 0 Å². The average Bonchev–Trinajstić information content (AvgIpc) is 3.33. The van der Waals surface area contributed by atoms with E-state index >= 15 is 0 Å². The van der Waals surface area contributed by atoms with Crippen molar-refractivity contribution in [1.29, 1.82) is 0 Å². The lowest BCUT2D eigenvalue weighted by Crippen LogP contribution is -2.57. The van der Waals surface area contributed by atoms with Crippen LogP contribution >= 0.6 is 0 Å². The Labute approximate surface area is 188 Å². The Balaban J connectivity index is 1.59. The summed E-state index contributed by atoms with van der Waals surface area (Å²) in [6.45, 7) is 11.2. The zero-order valence-electron chi connectivity index (χ0n) is 19.8. The molecule has 7 nitrogen and oxygen atoms in total. The van der Waals surface area contributed by atoms with E-state index in [4.69, 9.17) is 4.99 Å². The second kappa shape index (κ2) is 11.5. The van der Waals surface area contributed by atoms with E-state index in [1.807, 2.05) is 4.90 Å². The zero-order valence-corrected chi connectivity index (χ0v) is 19.8. The zero-order chi connectivity index (χ0) is 22.2. The second-order valence-corrected chi connectivity index (χ2v) is 8.82. The van der Waals surface area contributed by atoms with Gasteiger partial charge in [0, 0.05) is 45.8 Å². The first-order valence-electron chi connectivity index (χ1n) is 11.8. The number of likely N-dealkylation sites (N-methyl/N-ethyl adjacent to an activating group) is 1. The van der Waals surface area contributed by atoms with Crippen LogP contribution in [0.4, 0.5) is 0 Å². The van der Waals surface area contributed by atoms with Gasteiger partial charge in [-0.05, 0) is 46.3 Å². The van der Waals surface area contributed by atoms with Gasteiger partial charge >= 0.3 is 0 Å². The minimum absolute atomic E-state index is 0.0315. The number of piperazine rings is 1. The van der Waals surface area contributed by atoms with Gasteiger partial charge in [0.05, 0.1) is 18.6 Å². The fourth-order valence-electron chi connectivity index (χ4n) is 4.52. The van der Waals surface area contributed by atoms with Gasteiger partial charge in [0.15, 0.2) is 5.96 Å². The highest BCUT2D eigenvalue weighted by Crippen LogP contribution is 2.19. The first-order chi connectivity index (χ1) is 15.0. The molecule has 1 N–H and O–H groups in total. The van der Waals surface area contributed by atoms with E-state index in [2.05, 4.69) is 78.3 Å². The highest BCUT2D eigenvalue weighted by atomic mass is 16.2. The maximum absolute atomic E-state index is 12.8. The molecule has 1 amide bonds. The third-order valence-corrected chi connectivity index (χ3v) is 6.49. The van der Waals surface area contributed by atoms with Gasteiger partial charge in [-0.15, -0.1) is 0 Å². The van der Waals surface area contributed by atoms with Gasteiger partial charge in [-0.25, -0.2) is 0 Å². The molecule has 2 fully saturated rings. The van der Waals surface area contributed by atoms with E-state index < -0.39 is 0 Å². The van der Waals surface area contributed by atoms with Gasteiger partial charge in [0.2, 0.25) is 5.91 Å². The Morgan fingerprint density at radius 3 is 2.26 bits per heavy atom. The molecule has 7 heteroatoms. The largest absolute Gasteiger partial charge is 0.357 e. The summed E-state index contributed by atoms with van der Waals surface area (Å²) in [4.78, 5) is 26.7. The lowest BCUT2D eigenvalue weighted by Gasteiger charge is -2.39. The molecule has 2 aliphatic rings. The molecular weight excluding hydrogens is 388 g/mol. The third-order valence-electron chi connectivity index (χ3n) is 6.49. The summed E-state index contributed by atoms with van der Waals surface area (Å²) in [6, 6.07) is 10.8. The Bertz CT molecular complexity index is 708. The van der Waals surface area contributed by atoms with E-state index in [9.17, 15) is 4.79 Å². The predicted molar refractivity (Wildman–Crippen MR) is 127 cm³/mol. The first-order valence-corrected chi connectivity index (χ1v) is 11.8. The molecule has 2 unspecified atom stereocenters. The maximum atomic E-state index is 12.8. The van der Waals surface area contributed by atoms with Gasteiger partial charge in [0.1, 0.15) is 0 Å². The summed E-state index contributed by atoms with van der Waals surface area (Å²) >= 11 is 0. The summed E-state index contributed by atoms with van der Waals surface area (Å²) in [6.07, 6.45) is 2.29. The summed E-state index contributed by atoms with van der Waals surface area (Å²) in [5.41, 5.74) is 1.28. The van der Waals surface area contributed by atoms with Crippen LogP contribution in [0.2, 0.25) is 0 Å². The monoisotopic (exact) mass is 428 g/mol. The van der Waals surface area contributed by atoms with Crippen LogP contribution in [-0.4, -0.2) is 104 Å². The van der Waals surface area contributed by atoms with Crippen molar-refractivity contribution >= 4 is 11.9 Å². The van der Waals surface area contributed by atoms with Crippen molar-refractivity contribution in [3.8, 4) is 0 Å². The van der Waals surface area contributed by atoms with Crippen molar-refractivity contribution in [2.45, 2.75) is 38.8 Å². The number of likely N-dealkylation sites (tertiary alicyclic amines) is 1. The van der Waals surface area contributed by atoms with E-state index in [0.717, 1.165) is 64.6 Å². The molecule has 3 rings (SSSR count). The summed E-state index contributed by atoms with van der Waals surface area (Å²) in [5.74, 6) is 1.27. The highest BCUT2D eigenvalue weighted by Gasteiger charge is 2.30. The number of rotatable bonds is 7. The number of carbonyl (C=O) groups excluding carboxylic acids is 1. The number of benzene rings is 1. The molecule has 2 heterocycles. The quantitative estimate of drug-likeness (QED) is 0.531. The standard InChI is InChI=1S/C24H40N6O/c1-5-25-24(26-19-22(27(3)4)21-11-7-6-8-12-21)30-17-15-28(16-18-30)20(2)23(31)29-13-9-10-14-29/h6-8,11-12,20,22H,5,9-10,13-19H2,1-4H3,(H,25,26). The first kappa shape index (κ1) is 23.5. The molecule has 2 saturated heterocycles. The molecule has 0 spiro atoms. The van der Waals surface area contributed by atoms with Crippen molar-refractivity contribution < 1.29 is 4.79 Å². The molecule has 1 aromatic carbocycles. The van der Waals surface area contributed by atoms with E-state index in [0.29, 0.717) is 12.5 Å². The fraction of sp³-hybridized carbons (Fsp3) is 0.667. The maximum Gasteiger partial charge on any atom is 0.239 e. The lowest BCUT2D eigenvalue weighted by atomic mass is 10.1. The Morgan fingerprint density at radius 2 is 1.68 bits per heavy atom. The minimum atomic E-state index is -0.0315. The van der Waals surface area contributed by atoms with Crippen LogP contribution in [0.15, 0.2) is 35.3 Å². The normalized spacial score (nSPS) is 20.2. The van der Waals surface area contributed by atoms with Gasteiger partial charge in [-0.1, -0.05) is 30.3 Å². The van der Waals surface area contributed by atoms with Crippen molar-refractivity contribution in [2.75, 3.05) is 66.5 Å². The summed E-state index contributed by atoms with van der Waals surface area (Å²) in [5, 5.41) is 3.47. The fourth-order valence-corrected chi connectivity index (χ4v) is 4.52. The van der Waals surface area contributed by atoms with Crippen LogP contribution in [0.5, 0.6) is 0 Å². The number of hydrogen-bond acceptors (Lipinski definition) is 4. The van der Waals surface area contributed by atoms with Crippen molar-refractivity contribution in [3.63, 3.8) is 0 Å². The van der Waals surface area contributed by atoms with Crippen LogP contribution in [-0.2, 0) is 4.79 Å². The van der Waals surface area contributed by atoms with Gasteiger partial charge in [-0.3, -0.25) is 14.7 Å². The van der Waals surface area contributed by atoms with Crippen LogP contribution in [0.25, 0.3) is 0 Å². The predicted octanol–water partition coefficient (Wildman–Crippen LogP) is 1.88. The van der Waals surface area contributed by atoms with Crippen molar-refractivity contribution in [1.82, 2.24) is 24.9 Å². The third kappa shape index (κ3) is 6.20. The number of carbonyl (C=O) groups is 1. The van der Waals surface area contributed by atoms with Gasteiger partial charge in [-0.2, -0.15) is 0 Å². The molecule has 0 aromatic heterocycles. The number of hydrogen-bond donors (Lipinski definition) is 1. The molecule has 1 aromatic rings. The number of nitrogens with zero attached hydrogens (tertiary/aromatic N) is 5. The van der Waals surface area contributed by atoms with Crippen LogP contribution < -0.4 is 5.32 Å². The average molecular weight is 429 g/mol. The summed E-state index contributed by atoms with van der Waals surface area (Å²) in [7, 11) is 4.22. The number of amides is 1. The van der Waals surface area contributed by atoms with Crippen LogP contribution in [0.1, 0.15) is 38.3 Å². The van der Waals surface area contributed by atoms with Crippen LogP contribution in [0, 0.1) is 0 Å². The molecule has 0 bridgehead atoms. The van der Waals surface area contributed by atoms with E-state index in [1.54, 1.807) is 0 Å². The topological polar surface area (TPSA) is 54.4 Å².